The standard InChI is InChI=1S/C15H23NO7S/c1-5-6-7-22-13(18)9(2)23-14(19)12-15(3,4)24(20,21)11-8-10(17)16(11)12/h9,11-12H,5-8H2,1-4H3/t9?,11-,12+/m1/s1. The van der Waals surface area contributed by atoms with Crippen LogP contribution in [0.4, 0.5) is 0 Å². The minimum Gasteiger partial charge on any atom is -0.463 e. The van der Waals surface area contributed by atoms with Gasteiger partial charge >= 0.3 is 11.9 Å². The second-order valence-corrected chi connectivity index (χ2v) is 9.30. The zero-order valence-corrected chi connectivity index (χ0v) is 15.1. The van der Waals surface area contributed by atoms with Gasteiger partial charge in [-0.2, -0.15) is 0 Å². The highest BCUT2D eigenvalue weighted by Gasteiger charge is 2.68. The van der Waals surface area contributed by atoms with E-state index in [1.54, 1.807) is 0 Å². The monoisotopic (exact) mass is 361 g/mol. The van der Waals surface area contributed by atoms with Crippen LogP contribution in [0.15, 0.2) is 0 Å². The number of carbonyl (C=O) groups is 3. The number of sulfone groups is 1. The van der Waals surface area contributed by atoms with Gasteiger partial charge in [0.1, 0.15) is 11.4 Å². The van der Waals surface area contributed by atoms with Crippen LogP contribution in [0.3, 0.4) is 0 Å². The van der Waals surface area contributed by atoms with Gasteiger partial charge < -0.3 is 14.4 Å². The highest BCUT2D eigenvalue weighted by Crippen LogP contribution is 2.46. The molecule has 8 nitrogen and oxygen atoms in total. The first-order valence-corrected chi connectivity index (χ1v) is 9.52. The molecule has 0 aromatic heterocycles. The van der Waals surface area contributed by atoms with Crippen molar-refractivity contribution in [1.29, 1.82) is 0 Å². The van der Waals surface area contributed by atoms with Gasteiger partial charge in [-0.05, 0) is 27.2 Å². The van der Waals surface area contributed by atoms with Crippen molar-refractivity contribution >= 4 is 27.7 Å². The van der Waals surface area contributed by atoms with Gasteiger partial charge in [0.2, 0.25) is 5.91 Å². The molecule has 2 heterocycles. The number of unbranched alkanes of at least 4 members (excludes halogenated alkanes) is 1. The Kier molecular flexibility index (Phi) is 4.94. The molecule has 3 atom stereocenters. The van der Waals surface area contributed by atoms with E-state index in [0.29, 0.717) is 6.42 Å². The molecule has 0 aromatic carbocycles. The first-order valence-electron chi connectivity index (χ1n) is 7.97. The molecule has 1 unspecified atom stereocenters. The van der Waals surface area contributed by atoms with Gasteiger partial charge in [0, 0.05) is 0 Å². The van der Waals surface area contributed by atoms with Crippen LogP contribution in [0.25, 0.3) is 0 Å². The van der Waals surface area contributed by atoms with Crippen molar-refractivity contribution in [2.75, 3.05) is 6.61 Å². The van der Waals surface area contributed by atoms with Gasteiger partial charge in [-0.15, -0.1) is 0 Å². The fourth-order valence-electron chi connectivity index (χ4n) is 2.93. The zero-order chi connectivity index (χ0) is 18.3. The summed E-state index contributed by atoms with van der Waals surface area (Å²) in [5, 5.41) is -0.982. The third kappa shape index (κ3) is 2.78. The Balaban J connectivity index is 2.09. The van der Waals surface area contributed by atoms with E-state index < -0.39 is 49.9 Å². The van der Waals surface area contributed by atoms with Gasteiger partial charge in [-0.3, -0.25) is 4.79 Å². The predicted octanol–water partition coefficient (Wildman–Crippen LogP) is 0.395. The molecule has 0 aliphatic carbocycles. The maximum Gasteiger partial charge on any atom is 0.347 e. The average Bonchev–Trinajstić information content (AvgIpc) is 2.61. The van der Waals surface area contributed by atoms with Gasteiger partial charge in [0.05, 0.1) is 17.8 Å². The van der Waals surface area contributed by atoms with Crippen molar-refractivity contribution in [2.45, 2.75) is 69.2 Å². The average molecular weight is 361 g/mol. The van der Waals surface area contributed by atoms with E-state index in [1.807, 2.05) is 6.92 Å². The molecular formula is C15H23NO7S. The van der Waals surface area contributed by atoms with Crippen LogP contribution in [-0.2, 0) is 33.7 Å². The fraction of sp³-hybridized carbons (Fsp3) is 0.800. The lowest BCUT2D eigenvalue weighted by Crippen LogP contribution is -2.57. The summed E-state index contributed by atoms with van der Waals surface area (Å²) in [5.74, 6) is -2.00. The number of amides is 1. The van der Waals surface area contributed by atoms with E-state index >= 15 is 0 Å². The number of carbonyl (C=O) groups excluding carboxylic acids is 3. The molecule has 2 rings (SSSR count). The molecule has 2 fully saturated rings. The summed E-state index contributed by atoms with van der Waals surface area (Å²) in [6, 6.07) is -1.25. The summed E-state index contributed by atoms with van der Waals surface area (Å²) in [4.78, 5) is 37.0. The third-order valence-electron chi connectivity index (χ3n) is 4.57. The van der Waals surface area contributed by atoms with E-state index in [-0.39, 0.29) is 13.0 Å². The molecule has 2 saturated heterocycles. The molecule has 9 heteroatoms. The van der Waals surface area contributed by atoms with Crippen molar-refractivity contribution in [1.82, 2.24) is 4.90 Å². The molecule has 0 N–H and O–H groups in total. The van der Waals surface area contributed by atoms with Gasteiger partial charge in [-0.25, -0.2) is 18.0 Å². The van der Waals surface area contributed by atoms with Crippen molar-refractivity contribution < 1.29 is 32.3 Å². The van der Waals surface area contributed by atoms with Crippen LogP contribution in [0.1, 0.15) is 47.0 Å². The Morgan fingerprint density at radius 1 is 1.38 bits per heavy atom. The smallest absolute Gasteiger partial charge is 0.347 e. The van der Waals surface area contributed by atoms with E-state index in [4.69, 9.17) is 9.47 Å². The number of hydrogen-bond acceptors (Lipinski definition) is 7. The lowest BCUT2D eigenvalue weighted by Gasteiger charge is -2.36. The molecule has 24 heavy (non-hydrogen) atoms. The Bertz CT molecular complexity index is 655. The molecule has 0 aromatic rings. The van der Waals surface area contributed by atoms with Crippen LogP contribution < -0.4 is 0 Å². The molecule has 2 aliphatic rings. The second kappa shape index (κ2) is 6.34. The topological polar surface area (TPSA) is 107 Å². The number of β-lactam (4-membered cyclic amide) rings is 1. The second-order valence-electron chi connectivity index (χ2n) is 6.61. The molecule has 0 spiro atoms. The minimum absolute atomic E-state index is 0.121. The quantitative estimate of drug-likeness (QED) is 0.383. The number of nitrogens with zero attached hydrogens (tertiary/aromatic N) is 1. The normalized spacial score (nSPS) is 27.8. The van der Waals surface area contributed by atoms with E-state index in [2.05, 4.69) is 0 Å². The first kappa shape index (κ1) is 18.7. The number of rotatable bonds is 6. The highest BCUT2D eigenvalue weighted by atomic mass is 32.2. The fourth-order valence-corrected chi connectivity index (χ4v) is 5.05. The number of ether oxygens (including phenoxy) is 2. The number of esters is 2. The van der Waals surface area contributed by atoms with Crippen molar-refractivity contribution in [3.8, 4) is 0 Å². The lowest BCUT2D eigenvalue weighted by molar-refractivity contribution is -0.173. The summed E-state index contributed by atoms with van der Waals surface area (Å²) in [6.45, 7) is 6.32. The summed E-state index contributed by atoms with van der Waals surface area (Å²) < 4.78 is 33.5. The zero-order valence-electron chi connectivity index (χ0n) is 14.3. The molecule has 2 aliphatic heterocycles. The predicted molar refractivity (Wildman–Crippen MR) is 83.5 cm³/mol. The highest BCUT2D eigenvalue weighted by molar-refractivity contribution is 7.93. The van der Waals surface area contributed by atoms with E-state index in [9.17, 15) is 22.8 Å². The maximum atomic E-state index is 12.4. The molecule has 0 saturated carbocycles. The molecule has 0 bridgehead atoms. The third-order valence-corrected chi connectivity index (χ3v) is 7.37. The van der Waals surface area contributed by atoms with Crippen LogP contribution in [-0.4, -0.2) is 60.0 Å². The first-order chi connectivity index (χ1) is 11.1. The Hall–Kier alpha value is -1.64. The number of hydrogen-bond donors (Lipinski definition) is 0. The minimum atomic E-state index is -3.68. The molecule has 136 valence electrons. The SMILES string of the molecule is CCCCOC(=O)C(C)OC(=O)[C@@H]1N2C(=O)C[C@H]2S(=O)(=O)C1(C)C. The Morgan fingerprint density at radius 3 is 2.54 bits per heavy atom. The Labute approximate surface area is 141 Å². The van der Waals surface area contributed by atoms with Crippen LogP contribution >= 0.6 is 0 Å². The van der Waals surface area contributed by atoms with E-state index in [0.717, 1.165) is 11.3 Å². The molecule has 1 amide bonds. The van der Waals surface area contributed by atoms with Crippen molar-refractivity contribution in [3.05, 3.63) is 0 Å². The van der Waals surface area contributed by atoms with Crippen molar-refractivity contribution in [3.63, 3.8) is 0 Å². The van der Waals surface area contributed by atoms with Crippen LogP contribution in [0.2, 0.25) is 0 Å². The molecular weight excluding hydrogens is 338 g/mol. The van der Waals surface area contributed by atoms with Gasteiger partial charge in [0.25, 0.3) is 0 Å². The van der Waals surface area contributed by atoms with Crippen LogP contribution in [0, 0.1) is 0 Å². The van der Waals surface area contributed by atoms with Crippen LogP contribution in [0.5, 0.6) is 0 Å². The van der Waals surface area contributed by atoms with Crippen molar-refractivity contribution in [2.24, 2.45) is 0 Å². The summed E-state index contributed by atoms with van der Waals surface area (Å²) in [7, 11) is -3.68. The van der Waals surface area contributed by atoms with Gasteiger partial charge in [-0.1, -0.05) is 13.3 Å². The largest absolute Gasteiger partial charge is 0.463 e. The lowest BCUT2D eigenvalue weighted by atomic mass is 9.98. The summed E-state index contributed by atoms with van der Waals surface area (Å²) in [6.07, 6.45) is 0.269. The number of fused-ring (bicyclic) bond motifs is 1. The maximum absolute atomic E-state index is 12.4. The summed E-state index contributed by atoms with van der Waals surface area (Å²) >= 11 is 0. The Morgan fingerprint density at radius 2 is 2.00 bits per heavy atom. The van der Waals surface area contributed by atoms with E-state index in [1.165, 1.54) is 20.8 Å². The molecule has 0 radical (unpaired) electrons. The summed E-state index contributed by atoms with van der Waals surface area (Å²) in [5.41, 5.74) is 0. The van der Waals surface area contributed by atoms with Gasteiger partial charge in [0.15, 0.2) is 15.9 Å².